The second-order valence-corrected chi connectivity index (χ2v) is 5.02. The summed E-state index contributed by atoms with van der Waals surface area (Å²) in [5.74, 6) is 0.264. The van der Waals surface area contributed by atoms with Crippen molar-refractivity contribution in [3.8, 4) is 0 Å². The SMILES string of the molecule is CC(=O)NC(CCSCc1ccccc1)C(=O)O. The Balaban J connectivity index is 2.27. The molecule has 0 bridgehead atoms. The molecule has 2 N–H and O–H groups in total. The number of carbonyl (C=O) groups excluding carboxylic acids is 1. The second-order valence-electron chi connectivity index (χ2n) is 3.92. The Morgan fingerprint density at radius 3 is 2.56 bits per heavy atom. The van der Waals surface area contributed by atoms with Gasteiger partial charge in [0.25, 0.3) is 0 Å². The first-order chi connectivity index (χ1) is 8.59. The lowest BCUT2D eigenvalue weighted by atomic mass is 10.2. The summed E-state index contributed by atoms with van der Waals surface area (Å²) in [5.41, 5.74) is 1.22. The predicted molar refractivity (Wildman–Crippen MR) is 72.5 cm³/mol. The van der Waals surface area contributed by atoms with E-state index in [1.807, 2.05) is 30.3 Å². The minimum atomic E-state index is -0.981. The summed E-state index contributed by atoms with van der Waals surface area (Å²) in [7, 11) is 0. The van der Waals surface area contributed by atoms with Crippen molar-refractivity contribution in [3.05, 3.63) is 35.9 Å². The van der Waals surface area contributed by atoms with E-state index in [9.17, 15) is 9.59 Å². The zero-order chi connectivity index (χ0) is 13.4. The highest BCUT2D eigenvalue weighted by atomic mass is 32.2. The maximum atomic E-state index is 10.9. The Bertz CT molecular complexity index is 394. The molecule has 1 aromatic rings. The summed E-state index contributed by atoms with van der Waals surface area (Å²) in [5, 5.41) is 11.3. The van der Waals surface area contributed by atoms with Crippen molar-refractivity contribution in [2.45, 2.75) is 25.1 Å². The molecule has 0 fully saturated rings. The van der Waals surface area contributed by atoms with E-state index in [2.05, 4.69) is 5.32 Å². The van der Waals surface area contributed by atoms with E-state index >= 15 is 0 Å². The van der Waals surface area contributed by atoms with E-state index < -0.39 is 12.0 Å². The zero-order valence-corrected chi connectivity index (χ0v) is 11.1. The number of carboxylic acid groups (broad SMARTS) is 1. The number of aliphatic carboxylic acids is 1. The fourth-order valence-electron chi connectivity index (χ4n) is 1.47. The first-order valence-electron chi connectivity index (χ1n) is 5.71. The summed E-state index contributed by atoms with van der Waals surface area (Å²) < 4.78 is 0. The summed E-state index contributed by atoms with van der Waals surface area (Å²) in [4.78, 5) is 21.7. The van der Waals surface area contributed by atoms with E-state index in [-0.39, 0.29) is 5.91 Å². The number of hydrogen-bond donors (Lipinski definition) is 2. The lowest BCUT2D eigenvalue weighted by Gasteiger charge is -2.12. The van der Waals surface area contributed by atoms with E-state index in [0.717, 1.165) is 5.75 Å². The van der Waals surface area contributed by atoms with Gasteiger partial charge in [0.1, 0.15) is 6.04 Å². The van der Waals surface area contributed by atoms with E-state index in [4.69, 9.17) is 5.11 Å². The highest BCUT2D eigenvalue weighted by Crippen LogP contribution is 2.13. The molecule has 1 rings (SSSR count). The van der Waals surface area contributed by atoms with Gasteiger partial charge in [0.2, 0.25) is 5.91 Å². The molecule has 4 nitrogen and oxygen atoms in total. The highest BCUT2D eigenvalue weighted by molar-refractivity contribution is 7.98. The van der Waals surface area contributed by atoms with Crippen LogP contribution in [0.3, 0.4) is 0 Å². The standard InChI is InChI=1S/C13H17NO3S/c1-10(15)14-12(13(16)17)7-8-18-9-11-5-3-2-4-6-11/h2-6,12H,7-9H2,1H3,(H,14,15)(H,16,17). The molecule has 0 aliphatic carbocycles. The lowest BCUT2D eigenvalue weighted by molar-refractivity contribution is -0.141. The number of hydrogen-bond acceptors (Lipinski definition) is 3. The third kappa shape index (κ3) is 5.72. The molecule has 0 aliphatic rings. The van der Waals surface area contributed by atoms with Gasteiger partial charge in [-0.15, -0.1) is 0 Å². The molecule has 0 heterocycles. The van der Waals surface area contributed by atoms with Crippen LogP contribution in [0.25, 0.3) is 0 Å². The fourth-order valence-corrected chi connectivity index (χ4v) is 2.44. The molecule has 0 radical (unpaired) electrons. The lowest BCUT2D eigenvalue weighted by Crippen LogP contribution is -2.39. The van der Waals surface area contributed by atoms with Crippen LogP contribution >= 0.6 is 11.8 Å². The minimum absolute atomic E-state index is 0.310. The van der Waals surface area contributed by atoms with Gasteiger partial charge in [-0.3, -0.25) is 4.79 Å². The zero-order valence-electron chi connectivity index (χ0n) is 10.3. The van der Waals surface area contributed by atoms with E-state index in [1.165, 1.54) is 12.5 Å². The summed E-state index contributed by atoms with van der Waals surface area (Å²) in [6.45, 7) is 1.33. The second kappa shape index (κ2) is 7.76. The van der Waals surface area contributed by atoms with Gasteiger partial charge in [0.05, 0.1) is 0 Å². The van der Waals surface area contributed by atoms with Gasteiger partial charge in [-0.05, 0) is 17.7 Å². The average Bonchev–Trinajstić information content (AvgIpc) is 2.33. The molecule has 0 spiro atoms. The molecule has 1 amide bonds. The Hall–Kier alpha value is -1.49. The van der Waals surface area contributed by atoms with Gasteiger partial charge >= 0.3 is 5.97 Å². The molecule has 0 saturated carbocycles. The first kappa shape index (κ1) is 14.6. The van der Waals surface area contributed by atoms with Gasteiger partial charge in [0, 0.05) is 12.7 Å². The maximum Gasteiger partial charge on any atom is 0.326 e. The Morgan fingerprint density at radius 2 is 2.00 bits per heavy atom. The quantitative estimate of drug-likeness (QED) is 0.740. The molecule has 1 atom stereocenters. The molecule has 0 aromatic heterocycles. The van der Waals surface area contributed by atoms with Gasteiger partial charge in [-0.1, -0.05) is 30.3 Å². The van der Waals surface area contributed by atoms with Gasteiger partial charge in [0.15, 0.2) is 0 Å². The van der Waals surface area contributed by atoms with Crippen molar-refractivity contribution < 1.29 is 14.7 Å². The topological polar surface area (TPSA) is 66.4 Å². The van der Waals surface area contributed by atoms with Crippen LogP contribution < -0.4 is 5.32 Å². The third-order valence-corrected chi connectivity index (χ3v) is 3.40. The van der Waals surface area contributed by atoms with Crippen LogP contribution in [-0.2, 0) is 15.3 Å². The number of amides is 1. The van der Waals surface area contributed by atoms with E-state index in [0.29, 0.717) is 12.2 Å². The smallest absolute Gasteiger partial charge is 0.326 e. The number of carboxylic acids is 1. The number of thioether (sulfide) groups is 1. The van der Waals surface area contributed by atoms with Gasteiger partial charge in [-0.2, -0.15) is 11.8 Å². The van der Waals surface area contributed by atoms with Gasteiger partial charge in [-0.25, -0.2) is 4.79 Å². The average molecular weight is 267 g/mol. The predicted octanol–water partition coefficient (Wildman–Crippen LogP) is 1.90. The molecule has 18 heavy (non-hydrogen) atoms. The van der Waals surface area contributed by atoms with Crippen molar-refractivity contribution in [1.29, 1.82) is 0 Å². The molecule has 1 unspecified atom stereocenters. The van der Waals surface area contributed by atoms with Crippen molar-refractivity contribution in [2.24, 2.45) is 0 Å². The molecule has 5 heteroatoms. The van der Waals surface area contributed by atoms with Crippen LogP contribution in [0.15, 0.2) is 30.3 Å². The van der Waals surface area contributed by atoms with Crippen molar-refractivity contribution in [1.82, 2.24) is 5.32 Å². The normalized spacial score (nSPS) is 11.8. The molecular formula is C13H17NO3S. The number of rotatable bonds is 7. The van der Waals surface area contributed by atoms with Crippen LogP contribution in [0.2, 0.25) is 0 Å². The van der Waals surface area contributed by atoms with Gasteiger partial charge < -0.3 is 10.4 Å². The summed E-state index contributed by atoms with van der Waals surface area (Å²) in [6.07, 6.45) is 0.437. The number of benzene rings is 1. The third-order valence-electron chi connectivity index (χ3n) is 2.34. The molecular weight excluding hydrogens is 250 g/mol. The Morgan fingerprint density at radius 1 is 1.33 bits per heavy atom. The molecule has 0 saturated heterocycles. The van der Waals surface area contributed by atoms with Crippen LogP contribution in [0.1, 0.15) is 18.9 Å². The highest BCUT2D eigenvalue weighted by Gasteiger charge is 2.17. The molecule has 0 aliphatic heterocycles. The van der Waals surface area contributed by atoms with Crippen LogP contribution in [0, 0.1) is 0 Å². The summed E-state index contributed by atoms with van der Waals surface area (Å²) in [6, 6.07) is 9.21. The molecule has 98 valence electrons. The number of carbonyl (C=O) groups is 2. The van der Waals surface area contributed by atoms with Crippen LogP contribution in [0.4, 0.5) is 0 Å². The Labute approximate surface area is 111 Å². The van der Waals surface area contributed by atoms with Crippen LogP contribution in [-0.4, -0.2) is 28.8 Å². The first-order valence-corrected chi connectivity index (χ1v) is 6.86. The van der Waals surface area contributed by atoms with Crippen molar-refractivity contribution in [2.75, 3.05) is 5.75 Å². The minimum Gasteiger partial charge on any atom is -0.480 e. The maximum absolute atomic E-state index is 10.9. The number of nitrogens with one attached hydrogen (secondary N) is 1. The van der Waals surface area contributed by atoms with E-state index in [1.54, 1.807) is 11.8 Å². The molecule has 1 aromatic carbocycles. The monoisotopic (exact) mass is 267 g/mol. The largest absolute Gasteiger partial charge is 0.480 e. The summed E-state index contributed by atoms with van der Waals surface area (Å²) >= 11 is 1.66. The van der Waals surface area contributed by atoms with Crippen LogP contribution in [0.5, 0.6) is 0 Å². The van der Waals surface area contributed by atoms with Crippen molar-refractivity contribution >= 4 is 23.6 Å². The Kier molecular flexibility index (Phi) is 6.28. The fraction of sp³-hybridized carbons (Fsp3) is 0.385. The van der Waals surface area contributed by atoms with Crippen molar-refractivity contribution in [3.63, 3.8) is 0 Å².